The molecule has 0 unspecified atom stereocenters. The molecule has 0 saturated carbocycles. The van der Waals surface area contributed by atoms with E-state index < -0.39 is 11.9 Å². The first-order chi connectivity index (χ1) is 8.11. The van der Waals surface area contributed by atoms with Crippen LogP contribution in [0.5, 0.6) is 0 Å². The number of aliphatic carboxylic acids is 1. The van der Waals surface area contributed by atoms with Crippen LogP contribution < -0.4 is 5.01 Å². The van der Waals surface area contributed by atoms with Crippen LogP contribution in [0.15, 0.2) is 29.4 Å². The number of carbonyl (C=O) groups is 2. The van der Waals surface area contributed by atoms with Crippen LogP contribution in [0.1, 0.15) is 12.0 Å². The monoisotopic (exact) mass is 229 g/mol. The van der Waals surface area contributed by atoms with Crippen LogP contribution in [0.2, 0.25) is 0 Å². The molecule has 6 nitrogen and oxygen atoms in total. The Labute approximate surface area is 96.4 Å². The van der Waals surface area contributed by atoms with Crippen molar-refractivity contribution in [2.45, 2.75) is 6.42 Å². The van der Waals surface area contributed by atoms with Gasteiger partial charge in [0.15, 0.2) is 5.71 Å². The molecule has 2 rings (SSSR count). The maximum absolute atomic E-state index is 11.5. The Morgan fingerprint density at radius 3 is 2.53 bits per heavy atom. The third-order valence-corrected chi connectivity index (χ3v) is 2.26. The fourth-order valence-corrected chi connectivity index (χ4v) is 1.43. The third-order valence-electron chi connectivity index (χ3n) is 2.26. The number of carboxylic acid groups (broad SMARTS) is 1. The van der Waals surface area contributed by atoms with Crippen LogP contribution in [-0.2, 0) is 9.59 Å². The SMILES string of the molecule is N#Cc1ccc(N2N=C(C(=O)O)CC2=O)cc1. The quantitative estimate of drug-likeness (QED) is 0.809. The molecule has 0 aromatic heterocycles. The summed E-state index contributed by atoms with van der Waals surface area (Å²) < 4.78 is 0. The van der Waals surface area contributed by atoms with Crippen molar-refractivity contribution in [3.63, 3.8) is 0 Å². The maximum Gasteiger partial charge on any atom is 0.352 e. The molecule has 1 aromatic rings. The largest absolute Gasteiger partial charge is 0.477 e. The Kier molecular flexibility index (Phi) is 2.58. The molecule has 1 amide bonds. The second kappa shape index (κ2) is 4.06. The van der Waals surface area contributed by atoms with Gasteiger partial charge in [0, 0.05) is 0 Å². The summed E-state index contributed by atoms with van der Waals surface area (Å²) in [5.41, 5.74) is 0.729. The number of amides is 1. The van der Waals surface area contributed by atoms with Gasteiger partial charge in [-0.2, -0.15) is 15.4 Å². The van der Waals surface area contributed by atoms with Gasteiger partial charge in [0.25, 0.3) is 5.91 Å². The van der Waals surface area contributed by atoms with Crippen molar-refractivity contribution >= 4 is 23.3 Å². The normalized spacial score (nSPS) is 14.4. The van der Waals surface area contributed by atoms with E-state index >= 15 is 0 Å². The second-order valence-electron chi connectivity index (χ2n) is 3.39. The van der Waals surface area contributed by atoms with Gasteiger partial charge in [-0.15, -0.1) is 0 Å². The second-order valence-corrected chi connectivity index (χ2v) is 3.39. The number of hydrogen-bond donors (Lipinski definition) is 1. The van der Waals surface area contributed by atoms with Crippen LogP contribution in [-0.4, -0.2) is 22.7 Å². The molecule has 1 aliphatic heterocycles. The van der Waals surface area contributed by atoms with Gasteiger partial charge in [-0.1, -0.05) is 0 Å². The standard InChI is InChI=1S/C11H7N3O3/c12-6-7-1-3-8(4-2-7)14-10(15)5-9(13-14)11(16)17/h1-4H,5H2,(H,16,17). The highest BCUT2D eigenvalue weighted by Crippen LogP contribution is 2.20. The Bertz CT molecular complexity index is 554. The van der Waals surface area contributed by atoms with Gasteiger partial charge in [-0.25, -0.2) is 4.79 Å². The maximum atomic E-state index is 11.5. The summed E-state index contributed by atoms with van der Waals surface area (Å²) in [4.78, 5) is 22.2. The molecule has 0 fully saturated rings. The summed E-state index contributed by atoms with van der Waals surface area (Å²) in [5, 5.41) is 22.1. The molecule has 0 bridgehead atoms. The van der Waals surface area contributed by atoms with E-state index in [9.17, 15) is 9.59 Å². The van der Waals surface area contributed by atoms with Crippen molar-refractivity contribution in [3.8, 4) is 6.07 Å². The topological polar surface area (TPSA) is 93.8 Å². The number of nitrogens with zero attached hydrogens (tertiary/aromatic N) is 3. The van der Waals surface area contributed by atoms with Crippen LogP contribution in [0.3, 0.4) is 0 Å². The summed E-state index contributed by atoms with van der Waals surface area (Å²) in [5.74, 6) is -1.60. The molecule has 6 heteroatoms. The number of carboxylic acids is 1. The number of hydrazone groups is 1. The van der Waals surface area contributed by atoms with Crippen molar-refractivity contribution in [2.75, 3.05) is 5.01 Å². The summed E-state index contributed by atoms with van der Waals surface area (Å²) in [7, 11) is 0. The number of anilines is 1. The third kappa shape index (κ3) is 1.99. The van der Waals surface area contributed by atoms with Gasteiger partial charge in [0.05, 0.1) is 23.7 Å². The predicted octanol–water partition coefficient (Wildman–Crippen LogP) is 0.736. The van der Waals surface area contributed by atoms with Crippen molar-refractivity contribution in [2.24, 2.45) is 5.10 Å². The molecular weight excluding hydrogens is 222 g/mol. The Morgan fingerprint density at radius 1 is 1.41 bits per heavy atom. The van der Waals surface area contributed by atoms with E-state index in [1.807, 2.05) is 6.07 Å². The lowest BCUT2D eigenvalue weighted by Crippen LogP contribution is -2.19. The first-order valence-corrected chi connectivity index (χ1v) is 4.75. The highest BCUT2D eigenvalue weighted by Gasteiger charge is 2.28. The van der Waals surface area contributed by atoms with Crippen LogP contribution in [0.25, 0.3) is 0 Å². The first kappa shape index (κ1) is 10.8. The molecule has 0 saturated heterocycles. The molecule has 0 spiro atoms. The molecule has 1 aliphatic rings. The number of nitriles is 1. The lowest BCUT2D eigenvalue weighted by atomic mass is 10.2. The van der Waals surface area contributed by atoms with Gasteiger partial charge >= 0.3 is 5.97 Å². The summed E-state index contributed by atoms with van der Waals surface area (Å²) in [6.07, 6.45) is -0.213. The van der Waals surface area contributed by atoms with Gasteiger partial charge in [0.1, 0.15) is 0 Å². The fraction of sp³-hybridized carbons (Fsp3) is 0.0909. The molecule has 17 heavy (non-hydrogen) atoms. The molecule has 1 aromatic carbocycles. The highest BCUT2D eigenvalue weighted by molar-refractivity contribution is 6.42. The molecule has 0 radical (unpaired) electrons. The van der Waals surface area contributed by atoms with E-state index in [-0.39, 0.29) is 12.1 Å². The van der Waals surface area contributed by atoms with Gasteiger partial charge in [-0.05, 0) is 24.3 Å². The van der Waals surface area contributed by atoms with Crippen LogP contribution in [0.4, 0.5) is 5.69 Å². The minimum absolute atomic E-state index is 0.181. The molecule has 1 N–H and O–H groups in total. The average Bonchev–Trinajstić information content (AvgIpc) is 2.72. The average molecular weight is 229 g/mol. The summed E-state index contributed by atoms with van der Waals surface area (Å²) in [6.45, 7) is 0. The lowest BCUT2D eigenvalue weighted by molar-refractivity contribution is -0.129. The summed E-state index contributed by atoms with van der Waals surface area (Å²) in [6, 6.07) is 8.12. The number of benzene rings is 1. The van der Waals surface area contributed by atoms with E-state index in [1.54, 1.807) is 12.1 Å². The highest BCUT2D eigenvalue weighted by atomic mass is 16.4. The van der Waals surface area contributed by atoms with E-state index in [2.05, 4.69) is 5.10 Å². The number of hydrogen-bond acceptors (Lipinski definition) is 4. The molecular formula is C11H7N3O3. The minimum Gasteiger partial charge on any atom is -0.477 e. The van der Waals surface area contributed by atoms with Gasteiger partial charge < -0.3 is 5.11 Å². The van der Waals surface area contributed by atoms with Gasteiger partial charge in [-0.3, -0.25) is 4.79 Å². The zero-order valence-electron chi connectivity index (χ0n) is 8.62. The van der Waals surface area contributed by atoms with Crippen LogP contribution >= 0.6 is 0 Å². The zero-order chi connectivity index (χ0) is 12.4. The Morgan fingerprint density at radius 2 is 2.06 bits per heavy atom. The number of rotatable bonds is 2. The van der Waals surface area contributed by atoms with Crippen molar-refractivity contribution < 1.29 is 14.7 Å². The first-order valence-electron chi connectivity index (χ1n) is 4.75. The summed E-state index contributed by atoms with van der Waals surface area (Å²) >= 11 is 0. The van der Waals surface area contributed by atoms with Crippen molar-refractivity contribution in [3.05, 3.63) is 29.8 Å². The molecule has 0 atom stereocenters. The van der Waals surface area contributed by atoms with E-state index in [0.29, 0.717) is 11.3 Å². The Balaban J connectivity index is 2.31. The van der Waals surface area contributed by atoms with Gasteiger partial charge in [0.2, 0.25) is 0 Å². The predicted molar refractivity (Wildman–Crippen MR) is 58.3 cm³/mol. The van der Waals surface area contributed by atoms with Crippen LogP contribution in [0, 0.1) is 11.3 Å². The fourth-order valence-electron chi connectivity index (χ4n) is 1.43. The Hall–Kier alpha value is -2.68. The smallest absolute Gasteiger partial charge is 0.352 e. The molecule has 1 heterocycles. The molecule has 84 valence electrons. The van der Waals surface area contributed by atoms with E-state index in [1.165, 1.54) is 12.1 Å². The molecule has 0 aliphatic carbocycles. The number of carbonyl (C=O) groups excluding carboxylic acids is 1. The minimum atomic E-state index is -1.20. The van der Waals surface area contributed by atoms with Crippen molar-refractivity contribution in [1.29, 1.82) is 5.26 Å². The lowest BCUT2D eigenvalue weighted by Gasteiger charge is -2.10. The van der Waals surface area contributed by atoms with Crippen molar-refractivity contribution in [1.82, 2.24) is 0 Å². The zero-order valence-corrected chi connectivity index (χ0v) is 8.62. The van der Waals surface area contributed by atoms with E-state index in [0.717, 1.165) is 5.01 Å². The van der Waals surface area contributed by atoms with E-state index in [4.69, 9.17) is 10.4 Å².